The van der Waals surface area contributed by atoms with Gasteiger partial charge < -0.3 is 0 Å². The molecule has 0 amide bonds. The van der Waals surface area contributed by atoms with Crippen molar-refractivity contribution < 1.29 is 8.42 Å². The summed E-state index contributed by atoms with van der Waals surface area (Å²) in [6.45, 7) is 0. The minimum atomic E-state index is -3.29. The molecule has 8 heteroatoms. The molecule has 0 unspecified atom stereocenters. The van der Waals surface area contributed by atoms with Crippen molar-refractivity contribution in [3.05, 3.63) is 73.1 Å². The Morgan fingerprint density at radius 3 is 2.71 bits per heavy atom. The normalized spacial score (nSPS) is 14.5. The summed E-state index contributed by atoms with van der Waals surface area (Å²) in [5.41, 5.74) is 3.34. The highest BCUT2D eigenvalue weighted by Gasteiger charge is 2.29. The molecule has 0 bridgehead atoms. The fraction of sp³-hybridized carbons (Fsp3) is 0.174. The molecule has 0 atom stereocenters. The summed E-state index contributed by atoms with van der Waals surface area (Å²) in [4.78, 5) is 4.84. The van der Waals surface area contributed by atoms with Gasteiger partial charge in [0.1, 0.15) is 0 Å². The third kappa shape index (κ3) is 3.19. The van der Waals surface area contributed by atoms with Gasteiger partial charge in [-0.3, -0.25) is 0 Å². The maximum Gasteiger partial charge on any atom is 0.268 e. The summed E-state index contributed by atoms with van der Waals surface area (Å²) < 4.78 is 29.0. The molecule has 7 nitrogen and oxygen atoms in total. The van der Waals surface area contributed by atoms with Crippen LogP contribution >= 0.6 is 0 Å². The van der Waals surface area contributed by atoms with Crippen LogP contribution in [0.3, 0.4) is 0 Å². The van der Waals surface area contributed by atoms with Crippen LogP contribution in [0.2, 0.25) is 0 Å². The van der Waals surface area contributed by atoms with E-state index in [1.807, 2.05) is 42.5 Å². The Morgan fingerprint density at radius 1 is 0.968 bits per heavy atom. The fourth-order valence-corrected chi connectivity index (χ4v) is 5.62. The quantitative estimate of drug-likeness (QED) is 0.423. The molecule has 31 heavy (non-hydrogen) atoms. The molecule has 154 valence electrons. The van der Waals surface area contributed by atoms with Gasteiger partial charge in [-0.15, -0.1) is 5.10 Å². The van der Waals surface area contributed by atoms with Crippen molar-refractivity contribution in [3.8, 4) is 17.2 Å². The Bertz CT molecular complexity index is 1550. The first kappa shape index (κ1) is 18.3. The number of hydrogen-bond donors (Lipinski definition) is 0. The monoisotopic (exact) mass is 429 g/mol. The summed E-state index contributed by atoms with van der Waals surface area (Å²) in [7, 11) is -3.29. The van der Waals surface area contributed by atoms with Crippen molar-refractivity contribution in [1.29, 1.82) is 0 Å². The van der Waals surface area contributed by atoms with Crippen LogP contribution in [0.15, 0.2) is 78.0 Å². The Balaban J connectivity index is 1.45. The van der Waals surface area contributed by atoms with Gasteiger partial charge in [0, 0.05) is 10.9 Å². The first-order valence-corrected chi connectivity index (χ1v) is 11.8. The van der Waals surface area contributed by atoms with E-state index in [0.717, 1.165) is 40.5 Å². The van der Waals surface area contributed by atoms with E-state index in [9.17, 15) is 8.42 Å². The smallest absolute Gasteiger partial charge is 0.228 e. The molecule has 1 saturated carbocycles. The lowest BCUT2D eigenvalue weighted by Crippen LogP contribution is -2.09. The molecule has 1 aliphatic carbocycles. The van der Waals surface area contributed by atoms with Crippen molar-refractivity contribution in [2.75, 3.05) is 5.75 Å². The van der Waals surface area contributed by atoms with Crippen LogP contribution in [0.4, 0.5) is 0 Å². The number of nitrogens with zero attached hydrogens (tertiary/aromatic N) is 5. The lowest BCUT2D eigenvalue weighted by atomic mass is 10.2. The molecule has 3 heterocycles. The summed E-state index contributed by atoms with van der Waals surface area (Å²) >= 11 is 0. The highest BCUT2D eigenvalue weighted by atomic mass is 32.2. The van der Waals surface area contributed by atoms with Crippen LogP contribution in [-0.4, -0.2) is 38.5 Å². The molecule has 3 aromatic heterocycles. The van der Waals surface area contributed by atoms with E-state index in [1.165, 1.54) is 0 Å². The van der Waals surface area contributed by atoms with Crippen LogP contribution in [-0.2, 0) is 9.84 Å². The van der Waals surface area contributed by atoms with Crippen molar-refractivity contribution in [1.82, 2.24) is 24.4 Å². The van der Waals surface area contributed by atoms with Gasteiger partial charge in [0.25, 0.3) is 5.95 Å². The van der Waals surface area contributed by atoms with Gasteiger partial charge in [0.2, 0.25) is 0 Å². The number of sulfone groups is 1. The Morgan fingerprint density at radius 2 is 1.84 bits per heavy atom. The standard InChI is InChI=1S/C23H19N5O2S/c29-31(30,15-16-8-9-16)20-6-3-5-17(12-20)22-11-10-19-14-24-23(26-27(19)22)28-21-7-2-1-4-18(21)13-25-28/h1-7,10-14,16H,8-9,15H2. The molecule has 1 fully saturated rings. The van der Waals surface area contributed by atoms with E-state index >= 15 is 0 Å². The van der Waals surface area contributed by atoms with E-state index in [1.54, 1.807) is 39.8 Å². The number of para-hydroxylation sites is 1. The maximum atomic E-state index is 12.8. The maximum absolute atomic E-state index is 12.8. The van der Waals surface area contributed by atoms with Crippen LogP contribution in [0.5, 0.6) is 0 Å². The van der Waals surface area contributed by atoms with Gasteiger partial charge in [-0.1, -0.05) is 30.3 Å². The van der Waals surface area contributed by atoms with Crippen molar-refractivity contribution >= 4 is 26.3 Å². The van der Waals surface area contributed by atoms with Crippen molar-refractivity contribution in [2.45, 2.75) is 17.7 Å². The Labute approximate surface area is 178 Å². The van der Waals surface area contributed by atoms with Crippen LogP contribution in [0.1, 0.15) is 12.8 Å². The van der Waals surface area contributed by atoms with E-state index in [0.29, 0.717) is 16.8 Å². The molecule has 2 aromatic carbocycles. The van der Waals surface area contributed by atoms with Crippen LogP contribution in [0, 0.1) is 5.92 Å². The van der Waals surface area contributed by atoms with Crippen LogP contribution in [0.25, 0.3) is 33.6 Å². The zero-order valence-corrected chi connectivity index (χ0v) is 17.4. The van der Waals surface area contributed by atoms with Crippen LogP contribution < -0.4 is 0 Å². The SMILES string of the molecule is O=S(=O)(CC1CC1)c1cccc(-c2ccc3cnc(-n4ncc5ccccc54)nn23)c1. The van der Waals surface area contributed by atoms with Gasteiger partial charge in [0.15, 0.2) is 9.84 Å². The highest BCUT2D eigenvalue weighted by Crippen LogP contribution is 2.33. The van der Waals surface area contributed by atoms with Crippen molar-refractivity contribution in [3.63, 3.8) is 0 Å². The number of benzene rings is 2. The number of aromatic nitrogens is 5. The molecule has 1 aliphatic rings. The molecule has 0 aliphatic heterocycles. The first-order chi connectivity index (χ1) is 15.1. The first-order valence-electron chi connectivity index (χ1n) is 10.2. The molecule has 0 radical (unpaired) electrons. The number of hydrogen-bond acceptors (Lipinski definition) is 5. The van der Waals surface area contributed by atoms with Gasteiger partial charge in [-0.05, 0) is 49.1 Å². The Kier molecular flexibility index (Phi) is 3.97. The molecule has 6 rings (SSSR count). The summed E-state index contributed by atoms with van der Waals surface area (Å²) in [6, 6.07) is 18.8. The second-order valence-electron chi connectivity index (χ2n) is 7.98. The summed E-state index contributed by atoms with van der Waals surface area (Å²) in [6.07, 6.45) is 5.54. The third-order valence-electron chi connectivity index (χ3n) is 5.69. The molecule has 0 N–H and O–H groups in total. The fourth-order valence-electron chi connectivity index (χ4n) is 3.88. The molecule has 0 spiro atoms. The third-order valence-corrected chi connectivity index (χ3v) is 7.58. The van der Waals surface area contributed by atoms with Gasteiger partial charge in [-0.25, -0.2) is 17.9 Å². The topological polar surface area (TPSA) is 82.1 Å². The lowest BCUT2D eigenvalue weighted by Gasteiger charge is -2.08. The van der Waals surface area contributed by atoms with E-state index in [2.05, 4.69) is 10.1 Å². The zero-order chi connectivity index (χ0) is 21.0. The molecular weight excluding hydrogens is 410 g/mol. The minimum absolute atomic E-state index is 0.226. The van der Waals surface area contributed by atoms with E-state index in [4.69, 9.17) is 5.10 Å². The summed E-state index contributed by atoms with van der Waals surface area (Å²) in [5, 5.41) is 10.2. The zero-order valence-electron chi connectivity index (χ0n) is 16.6. The highest BCUT2D eigenvalue weighted by molar-refractivity contribution is 7.91. The Hall–Kier alpha value is -3.52. The average Bonchev–Trinajstić information content (AvgIpc) is 3.33. The molecule has 0 saturated heterocycles. The minimum Gasteiger partial charge on any atom is -0.228 e. The largest absolute Gasteiger partial charge is 0.268 e. The van der Waals surface area contributed by atoms with E-state index < -0.39 is 9.84 Å². The molecule has 5 aromatic rings. The van der Waals surface area contributed by atoms with E-state index in [-0.39, 0.29) is 5.75 Å². The van der Waals surface area contributed by atoms with Gasteiger partial charge >= 0.3 is 0 Å². The van der Waals surface area contributed by atoms with Gasteiger partial charge in [-0.2, -0.15) is 9.78 Å². The second-order valence-corrected chi connectivity index (χ2v) is 10.0. The number of fused-ring (bicyclic) bond motifs is 2. The second kappa shape index (κ2) is 6.75. The predicted octanol–water partition coefficient (Wildman–Crippen LogP) is 3.92. The lowest BCUT2D eigenvalue weighted by molar-refractivity contribution is 0.592. The summed E-state index contributed by atoms with van der Waals surface area (Å²) in [5.74, 6) is 0.981. The van der Waals surface area contributed by atoms with Crippen molar-refractivity contribution in [2.24, 2.45) is 5.92 Å². The predicted molar refractivity (Wildman–Crippen MR) is 118 cm³/mol. The molecular formula is C23H19N5O2S. The van der Waals surface area contributed by atoms with Gasteiger partial charge in [0.05, 0.1) is 39.8 Å². The average molecular weight is 430 g/mol. The number of rotatable bonds is 5.